The molecular weight excluding hydrogens is 379 g/mol. The van der Waals surface area contributed by atoms with Crippen LogP contribution in [0.4, 0.5) is 0 Å². The number of pyridine rings is 1. The number of nitrogens with two attached hydrogens (primary N) is 1. The molecule has 0 unspecified atom stereocenters. The number of imidazole rings is 1. The second-order valence-electron chi connectivity index (χ2n) is 4.51. The molecule has 7 heteroatoms. The lowest BCUT2D eigenvalue weighted by Gasteiger charge is -2.05. The Hall–Kier alpha value is -1.90. The molecule has 3 N–H and O–H groups in total. The molecule has 0 amide bonds. The van der Waals surface area contributed by atoms with E-state index >= 15 is 0 Å². The fourth-order valence-electron chi connectivity index (χ4n) is 1.53. The van der Waals surface area contributed by atoms with Crippen LogP contribution in [0.2, 0.25) is 0 Å². The van der Waals surface area contributed by atoms with Gasteiger partial charge in [0.2, 0.25) is 0 Å². The van der Waals surface area contributed by atoms with Gasteiger partial charge in [0.25, 0.3) is 0 Å². The van der Waals surface area contributed by atoms with E-state index in [1.54, 1.807) is 18.7 Å². The molecule has 0 aliphatic heterocycles. The minimum absolute atomic E-state index is 0. The van der Waals surface area contributed by atoms with Crippen molar-refractivity contribution in [2.24, 2.45) is 10.7 Å². The van der Waals surface area contributed by atoms with Gasteiger partial charge in [0, 0.05) is 25.1 Å². The molecule has 0 atom stereocenters. The van der Waals surface area contributed by atoms with E-state index in [2.05, 4.69) is 26.9 Å². The maximum absolute atomic E-state index is 5.74. The third-order valence-corrected chi connectivity index (χ3v) is 2.58. The molecule has 0 bridgehead atoms. The van der Waals surface area contributed by atoms with Crippen molar-refractivity contribution in [3.63, 3.8) is 0 Å². The summed E-state index contributed by atoms with van der Waals surface area (Å²) in [5.74, 6) is 1.23. The molecule has 0 aromatic carbocycles. The zero-order valence-electron chi connectivity index (χ0n) is 11.9. The Morgan fingerprint density at radius 1 is 1.48 bits per heavy atom. The highest BCUT2D eigenvalue weighted by atomic mass is 127. The van der Waals surface area contributed by atoms with Gasteiger partial charge in [-0.15, -0.1) is 24.0 Å². The Kier molecular flexibility index (Phi) is 6.86. The Balaban J connectivity index is 0.00000220. The highest BCUT2D eigenvalue weighted by Crippen LogP contribution is 2.06. The fourth-order valence-corrected chi connectivity index (χ4v) is 1.53. The quantitative estimate of drug-likeness (QED) is 0.349. The average molecular weight is 398 g/mol. The Morgan fingerprint density at radius 3 is 2.86 bits per heavy atom. The number of nitrogens with zero attached hydrogens (tertiary/aromatic N) is 4. The summed E-state index contributed by atoms with van der Waals surface area (Å²) in [6.45, 7) is 6.84. The number of aromatic nitrogens is 3. The van der Waals surface area contributed by atoms with Gasteiger partial charge in [0.15, 0.2) is 5.96 Å². The molecule has 0 aliphatic carbocycles. The Bertz CT molecular complexity index is 588. The van der Waals surface area contributed by atoms with Crippen LogP contribution < -0.4 is 11.1 Å². The number of guanidine groups is 1. The molecule has 0 saturated heterocycles. The third kappa shape index (κ3) is 5.54. The van der Waals surface area contributed by atoms with E-state index in [0.717, 1.165) is 17.0 Å². The first kappa shape index (κ1) is 17.2. The van der Waals surface area contributed by atoms with Crippen molar-refractivity contribution in [1.29, 1.82) is 0 Å². The van der Waals surface area contributed by atoms with Crippen LogP contribution in [0, 0.1) is 0 Å². The second kappa shape index (κ2) is 8.40. The molecular formula is C14H19IN6. The summed E-state index contributed by atoms with van der Waals surface area (Å²) in [6, 6.07) is 3.89. The number of nitrogens with one attached hydrogen (secondary N) is 1. The highest BCUT2D eigenvalue weighted by Gasteiger charge is 1.98. The minimum atomic E-state index is 0. The molecule has 0 spiro atoms. The third-order valence-electron chi connectivity index (χ3n) is 2.58. The zero-order valence-corrected chi connectivity index (χ0v) is 14.2. The van der Waals surface area contributed by atoms with Gasteiger partial charge in [0.1, 0.15) is 12.1 Å². The maximum atomic E-state index is 5.74. The number of aliphatic imine (C=N–C) groups is 1. The minimum Gasteiger partial charge on any atom is -0.370 e. The average Bonchev–Trinajstić information content (AvgIpc) is 2.97. The smallest absolute Gasteiger partial charge is 0.189 e. The van der Waals surface area contributed by atoms with E-state index in [1.807, 2.05) is 29.8 Å². The standard InChI is InChI=1S/C14H18N6.HI/c1-11(2)7-18-14(15)19-9-12-3-4-13(17-8-12)20-6-5-16-10-20;/h3-6,8,10H,1,7,9H2,2H3,(H3,15,18,19);1H. The SMILES string of the molecule is C=C(C)CNC(N)=NCc1ccc(-n2ccnc2)nc1.I. The molecule has 0 radical (unpaired) electrons. The van der Waals surface area contributed by atoms with Crippen LogP contribution >= 0.6 is 24.0 Å². The number of hydrogen-bond donors (Lipinski definition) is 2. The predicted molar refractivity (Wildman–Crippen MR) is 94.9 cm³/mol. The lowest BCUT2D eigenvalue weighted by atomic mass is 10.3. The fraction of sp³-hybridized carbons (Fsp3) is 0.214. The van der Waals surface area contributed by atoms with Gasteiger partial charge in [-0.1, -0.05) is 18.2 Å². The van der Waals surface area contributed by atoms with Crippen LogP contribution in [0.1, 0.15) is 12.5 Å². The van der Waals surface area contributed by atoms with E-state index in [-0.39, 0.29) is 24.0 Å². The Morgan fingerprint density at radius 2 is 2.29 bits per heavy atom. The van der Waals surface area contributed by atoms with Crippen LogP contribution in [-0.4, -0.2) is 27.0 Å². The van der Waals surface area contributed by atoms with Crippen molar-refractivity contribution in [1.82, 2.24) is 19.9 Å². The van der Waals surface area contributed by atoms with Gasteiger partial charge in [0.05, 0.1) is 6.54 Å². The van der Waals surface area contributed by atoms with Crippen LogP contribution in [0.3, 0.4) is 0 Å². The van der Waals surface area contributed by atoms with Gasteiger partial charge in [-0.05, 0) is 18.6 Å². The van der Waals surface area contributed by atoms with Crippen molar-refractivity contribution in [3.8, 4) is 5.82 Å². The summed E-state index contributed by atoms with van der Waals surface area (Å²) in [5, 5.41) is 2.98. The monoisotopic (exact) mass is 398 g/mol. The van der Waals surface area contributed by atoms with Gasteiger partial charge < -0.3 is 11.1 Å². The molecule has 21 heavy (non-hydrogen) atoms. The lowest BCUT2D eigenvalue weighted by Crippen LogP contribution is -2.32. The van der Waals surface area contributed by atoms with Crippen molar-refractivity contribution in [2.75, 3.05) is 6.54 Å². The van der Waals surface area contributed by atoms with Crippen molar-refractivity contribution < 1.29 is 0 Å². The first-order valence-electron chi connectivity index (χ1n) is 6.26. The molecule has 6 nitrogen and oxygen atoms in total. The van der Waals surface area contributed by atoms with Gasteiger partial charge in [-0.2, -0.15) is 0 Å². The van der Waals surface area contributed by atoms with Gasteiger partial charge in [-0.25, -0.2) is 15.0 Å². The molecule has 2 aromatic rings. The molecule has 2 heterocycles. The van der Waals surface area contributed by atoms with Gasteiger partial charge >= 0.3 is 0 Å². The molecule has 2 aromatic heterocycles. The summed E-state index contributed by atoms with van der Waals surface area (Å²) >= 11 is 0. The largest absolute Gasteiger partial charge is 0.370 e. The summed E-state index contributed by atoms with van der Waals surface area (Å²) in [4.78, 5) is 12.6. The summed E-state index contributed by atoms with van der Waals surface area (Å²) in [7, 11) is 0. The first-order chi connectivity index (χ1) is 9.65. The van der Waals surface area contributed by atoms with E-state index in [1.165, 1.54) is 0 Å². The van der Waals surface area contributed by atoms with Gasteiger partial charge in [-0.3, -0.25) is 4.57 Å². The molecule has 0 aliphatic rings. The highest BCUT2D eigenvalue weighted by molar-refractivity contribution is 14.0. The van der Waals surface area contributed by atoms with Crippen molar-refractivity contribution in [3.05, 3.63) is 54.8 Å². The molecule has 0 fully saturated rings. The number of rotatable bonds is 5. The van der Waals surface area contributed by atoms with E-state index in [4.69, 9.17) is 5.73 Å². The molecule has 0 saturated carbocycles. The second-order valence-corrected chi connectivity index (χ2v) is 4.51. The molecule has 112 valence electrons. The van der Waals surface area contributed by atoms with E-state index in [0.29, 0.717) is 19.0 Å². The topological polar surface area (TPSA) is 81.1 Å². The molecule has 2 rings (SSSR count). The maximum Gasteiger partial charge on any atom is 0.189 e. The summed E-state index contributed by atoms with van der Waals surface area (Å²) < 4.78 is 1.84. The normalized spacial score (nSPS) is 10.8. The summed E-state index contributed by atoms with van der Waals surface area (Å²) in [5.41, 5.74) is 7.75. The van der Waals surface area contributed by atoms with Crippen LogP contribution in [0.15, 0.2) is 54.2 Å². The van der Waals surface area contributed by atoms with Crippen molar-refractivity contribution >= 4 is 29.9 Å². The van der Waals surface area contributed by atoms with Crippen LogP contribution in [0.5, 0.6) is 0 Å². The summed E-state index contributed by atoms with van der Waals surface area (Å²) in [6.07, 6.45) is 7.05. The van der Waals surface area contributed by atoms with E-state index in [9.17, 15) is 0 Å². The predicted octanol–water partition coefficient (Wildman–Crippen LogP) is 1.87. The first-order valence-corrected chi connectivity index (χ1v) is 6.26. The van der Waals surface area contributed by atoms with Crippen LogP contribution in [-0.2, 0) is 6.54 Å². The van der Waals surface area contributed by atoms with Crippen molar-refractivity contribution in [2.45, 2.75) is 13.5 Å². The Labute approximate surface area is 141 Å². The van der Waals surface area contributed by atoms with E-state index < -0.39 is 0 Å². The number of hydrogen-bond acceptors (Lipinski definition) is 3. The zero-order chi connectivity index (χ0) is 14.4. The van der Waals surface area contributed by atoms with Crippen LogP contribution in [0.25, 0.3) is 5.82 Å². The lowest BCUT2D eigenvalue weighted by molar-refractivity contribution is 0.930. The number of halogens is 1.